The zero-order chi connectivity index (χ0) is 32.8. The van der Waals surface area contributed by atoms with E-state index >= 15 is 0 Å². The lowest BCUT2D eigenvalue weighted by atomic mass is 9.98. The molecule has 8 aromatic carbocycles. The van der Waals surface area contributed by atoms with Crippen LogP contribution in [-0.2, 0) is 0 Å². The molecule has 0 saturated heterocycles. The Kier molecular flexibility index (Phi) is 5.63. The molecule has 10 aromatic rings. The normalized spacial score (nSPS) is 12.2. The highest BCUT2D eigenvalue weighted by Crippen LogP contribution is 2.48. The van der Waals surface area contributed by atoms with Gasteiger partial charge < -0.3 is 18.6 Å². The van der Waals surface area contributed by atoms with E-state index in [1.165, 1.54) is 21.5 Å². The Morgan fingerprint density at radius 1 is 0.460 bits per heavy atom. The molecule has 4 nitrogen and oxygen atoms in total. The summed E-state index contributed by atoms with van der Waals surface area (Å²) in [4.78, 5) is 2.41. The van der Waals surface area contributed by atoms with Gasteiger partial charge in [-0.05, 0) is 77.7 Å². The van der Waals surface area contributed by atoms with Gasteiger partial charge in [-0.15, -0.1) is 0 Å². The molecule has 50 heavy (non-hydrogen) atoms. The fraction of sp³-hybridized carbons (Fsp3) is 0. The Balaban J connectivity index is 1.17. The van der Waals surface area contributed by atoms with Gasteiger partial charge in [0, 0.05) is 38.2 Å². The molecule has 0 fully saturated rings. The number of furan rings is 1. The van der Waals surface area contributed by atoms with Gasteiger partial charge in [0.1, 0.15) is 11.2 Å². The summed E-state index contributed by atoms with van der Waals surface area (Å²) in [5, 5.41) is 6.95. The van der Waals surface area contributed by atoms with Crippen molar-refractivity contribution in [2.45, 2.75) is 0 Å². The second-order valence-corrected chi connectivity index (χ2v) is 12.9. The standard InChI is InChI=1S/C46H28N2O2/c1-2-13-32-29(11-1)12-9-19-39(32)47(31-24-26-43-37(28-31)34-15-4-7-20-42(34)49-43)38-17-5-3-14-33(38)30-23-25-40-36(27-30)35-16-10-22-45-46(35)48(40)41-18-6-8-21-44(41)50-45/h1-28H. The molecule has 2 aromatic heterocycles. The van der Waals surface area contributed by atoms with Crippen molar-refractivity contribution in [3.05, 3.63) is 170 Å². The maximum Gasteiger partial charge on any atom is 0.152 e. The monoisotopic (exact) mass is 640 g/mol. The minimum atomic E-state index is 0.868. The molecule has 3 heterocycles. The molecule has 0 radical (unpaired) electrons. The molecule has 0 atom stereocenters. The maximum absolute atomic E-state index is 6.39. The van der Waals surface area contributed by atoms with Gasteiger partial charge in [-0.2, -0.15) is 0 Å². The van der Waals surface area contributed by atoms with Crippen LogP contribution in [0.4, 0.5) is 17.1 Å². The molecule has 0 aliphatic carbocycles. The smallest absolute Gasteiger partial charge is 0.152 e. The number of nitrogens with zero attached hydrogens (tertiary/aromatic N) is 2. The number of hydrogen-bond acceptors (Lipinski definition) is 3. The SMILES string of the molecule is c1ccc2c(c1)Oc1cccc3c4cc(-c5ccccc5N(c5ccc6oc7ccccc7c6c5)c5cccc6ccccc56)ccc4n-2c13. The van der Waals surface area contributed by atoms with E-state index in [1.807, 2.05) is 24.3 Å². The third-order valence-electron chi connectivity index (χ3n) is 10.2. The van der Waals surface area contributed by atoms with Crippen LogP contribution in [0.15, 0.2) is 174 Å². The molecule has 0 amide bonds. The van der Waals surface area contributed by atoms with Crippen LogP contribution in [0.3, 0.4) is 0 Å². The summed E-state index contributed by atoms with van der Waals surface area (Å²) in [7, 11) is 0. The minimum absolute atomic E-state index is 0.868. The first-order valence-electron chi connectivity index (χ1n) is 16.9. The number of benzene rings is 8. The number of hydrogen-bond donors (Lipinski definition) is 0. The molecule has 234 valence electrons. The number of aromatic nitrogens is 1. The van der Waals surface area contributed by atoms with Crippen LogP contribution < -0.4 is 9.64 Å². The summed E-state index contributed by atoms with van der Waals surface area (Å²) < 4.78 is 15.0. The van der Waals surface area contributed by atoms with Crippen molar-refractivity contribution >= 4 is 71.6 Å². The van der Waals surface area contributed by atoms with Gasteiger partial charge >= 0.3 is 0 Å². The van der Waals surface area contributed by atoms with Crippen molar-refractivity contribution in [1.82, 2.24) is 4.57 Å². The first-order chi connectivity index (χ1) is 24.8. The summed E-state index contributed by atoms with van der Waals surface area (Å²) in [6, 6.07) is 60.2. The van der Waals surface area contributed by atoms with Crippen molar-refractivity contribution in [2.24, 2.45) is 0 Å². The lowest BCUT2D eigenvalue weighted by Crippen LogP contribution is -2.11. The molecule has 0 saturated carbocycles. The number of para-hydroxylation sites is 5. The van der Waals surface area contributed by atoms with Crippen LogP contribution in [0.1, 0.15) is 0 Å². The van der Waals surface area contributed by atoms with Gasteiger partial charge in [0.25, 0.3) is 0 Å². The van der Waals surface area contributed by atoms with E-state index in [0.29, 0.717) is 0 Å². The highest BCUT2D eigenvalue weighted by Gasteiger charge is 2.25. The Hall–Kier alpha value is -6.78. The molecule has 0 N–H and O–H groups in total. The number of rotatable bonds is 4. The Morgan fingerprint density at radius 3 is 2.16 bits per heavy atom. The van der Waals surface area contributed by atoms with E-state index in [9.17, 15) is 0 Å². The van der Waals surface area contributed by atoms with Crippen LogP contribution in [0, 0.1) is 0 Å². The van der Waals surface area contributed by atoms with E-state index < -0.39 is 0 Å². The van der Waals surface area contributed by atoms with Gasteiger partial charge in [0.2, 0.25) is 0 Å². The highest BCUT2D eigenvalue weighted by molar-refractivity contribution is 6.14. The maximum atomic E-state index is 6.39. The first kappa shape index (κ1) is 27.2. The third kappa shape index (κ3) is 3.87. The second-order valence-electron chi connectivity index (χ2n) is 12.9. The van der Waals surface area contributed by atoms with E-state index in [2.05, 4.69) is 155 Å². The van der Waals surface area contributed by atoms with Crippen LogP contribution in [0.2, 0.25) is 0 Å². The van der Waals surface area contributed by atoms with Crippen molar-refractivity contribution in [3.63, 3.8) is 0 Å². The third-order valence-corrected chi connectivity index (χ3v) is 10.2. The predicted molar refractivity (Wildman–Crippen MR) is 206 cm³/mol. The first-order valence-corrected chi connectivity index (χ1v) is 16.9. The van der Waals surface area contributed by atoms with E-state index in [1.54, 1.807) is 0 Å². The minimum Gasteiger partial charge on any atom is -0.456 e. The lowest BCUT2D eigenvalue weighted by Gasteiger charge is -2.29. The van der Waals surface area contributed by atoms with Crippen LogP contribution in [0.5, 0.6) is 11.5 Å². The van der Waals surface area contributed by atoms with Gasteiger partial charge in [-0.25, -0.2) is 0 Å². The topological polar surface area (TPSA) is 30.5 Å². The zero-order valence-corrected chi connectivity index (χ0v) is 26.9. The van der Waals surface area contributed by atoms with Gasteiger partial charge in [-0.1, -0.05) is 103 Å². The highest BCUT2D eigenvalue weighted by atomic mass is 16.5. The van der Waals surface area contributed by atoms with Gasteiger partial charge in [0.15, 0.2) is 11.5 Å². The summed E-state index contributed by atoms with van der Waals surface area (Å²) in [6.07, 6.45) is 0. The summed E-state index contributed by atoms with van der Waals surface area (Å²) in [5.74, 6) is 1.75. The molecule has 1 aliphatic rings. The molecule has 0 spiro atoms. The Bertz CT molecular complexity index is 2980. The van der Waals surface area contributed by atoms with Crippen molar-refractivity contribution < 1.29 is 9.15 Å². The van der Waals surface area contributed by atoms with Crippen molar-refractivity contribution in [2.75, 3.05) is 4.90 Å². The lowest BCUT2D eigenvalue weighted by molar-refractivity contribution is 0.476. The van der Waals surface area contributed by atoms with Crippen LogP contribution >= 0.6 is 0 Å². The van der Waals surface area contributed by atoms with Crippen molar-refractivity contribution in [3.8, 4) is 28.3 Å². The fourth-order valence-corrected chi connectivity index (χ4v) is 7.96. The van der Waals surface area contributed by atoms with E-state index in [-0.39, 0.29) is 0 Å². The van der Waals surface area contributed by atoms with Crippen LogP contribution in [-0.4, -0.2) is 4.57 Å². The summed E-state index contributed by atoms with van der Waals surface area (Å²) in [6.45, 7) is 0. The molecular weight excluding hydrogens is 613 g/mol. The molecule has 4 heteroatoms. The number of ether oxygens (including phenoxy) is 1. The fourth-order valence-electron chi connectivity index (χ4n) is 7.96. The predicted octanol–water partition coefficient (Wildman–Crippen LogP) is 13.1. The average molecular weight is 641 g/mol. The molecule has 0 unspecified atom stereocenters. The van der Waals surface area contributed by atoms with Gasteiger partial charge in [-0.3, -0.25) is 0 Å². The Morgan fingerprint density at radius 2 is 1.18 bits per heavy atom. The largest absolute Gasteiger partial charge is 0.456 e. The second kappa shape index (κ2) is 10.4. The van der Waals surface area contributed by atoms with Gasteiger partial charge in [0.05, 0.1) is 28.1 Å². The average Bonchev–Trinajstić information content (AvgIpc) is 3.72. The molecule has 11 rings (SSSR count). The molecule has 1 aliphatic heterocycles. The van der Waals surface area contributed by atoms with Crippen LogP contribution in [0.25, 0.3) is 71.3 Å². The Labute approximate surface area is 287 Å². The quantitative estimate of drug-likeness (QED) is 0.192. The number of fused-ring (bicyclic) bond motifs is 9. The zero-order valence-electron chi connectivity index (χ0n) is 26.9. The molecular formula is C46H28N2O2. The van der Waals surface area contributed by atoms with E-state index in [0.717, 1.165) is 78.3 Å². The summed E-state index contributed by atoms with van der Waals surface area (Å²) >= 11 is 0. The van der Waals surface area contributed by atoms with E-state index in [4.69, 9.17) is 9.15 Å². The number of anilines is 3. The summed E-state index contributed by atoms with van der Waals surface area (Å²) in [5.41, 5.74) is 10.7. The van der Waals surface area contributed by atoms with Crippen molar-refractivity contribution in [1.29, 1.82) is 0 Å². The molecule has 0 bridgehead atoms.